The van der Waals surface area contributed by atoms with Gasteiger partial charge in [0, 0.05) is 18.0 Å². The monoisotopic (exact) mass is 241 g/mol. The highest BCUT2D eigenvalue weighted by molar-refractivity contribution is 5.85. The van der Waals surface area contributed by atoms with E-state index in [2.05, 4.69) is 19.9 Å². The van der Waals surface area contributed by atoms with Gasteiger partial charge in [-0.15, -0.1) is 0 Å². The summed E-state index contributed by atoms with van der Waals surface area (Å²) in [5.41, 5.74) is 7.43. The van der Waals surface area contributed by atoms with Crippen LogP contribution in [0.15, 0.2) is 36.8 Å². The summed E-state index contributed by atoms with van der Waals surface area (Å²) in [5.74, 6) is 0.154. The van der Waals surface area contributed by atoms with Crippen LogP contribution in [0.25, 0.3) is 22.4 Å². The van der Waals surface area contributed by atoms with E-state index < -0.39 is 5.82 Å². The Hall–Kier alpha value is -2.63. The van der Waals surface area contributed by atoms with Gasteiger partial charge in [-0.25, -0.2) is 14.4 Å². The van der Waals surface area contributed by atoms with Crippen LogP contribution < -0.4 is 5.73 Å². The van der Waals surface area contributed by atoms with Crippen LogP contribution in [0.4, 0.5) is 10.2 Å². The molecule has 0 aliphatic heterocycles. The summed E-state index contributed by atoms with van der Waals surface area (Å²) < 4.78 is 13.1. The zero-order valence-corrected chi connectivity index (χ0v) is 9.21. The Bertz CT molecular complexity index is 728. The van der Waals surface area contributed by atoms with Crippen molar-refractivity contribution in [2.24, 2.45) is 0 Å². The molecular formula is C12H8FN5. The number of anilines is 1. The average molecular weight is 241 g/mol. The molecule has 0 fully saturated rings. The molecule has 3 aromatic rings. The van der Waals surface area contributed by atoms with E-state index >= 15 is 0 Å². The Labute approximate surface area is 102 Å². The maximum Gasteiger partial charge on any atom is 0.163 e. The molecule has 0 atom stereocenters. The third-order valence-corrected chi connectivity index (χ3v) is 2.44. The normalized spacial score (nSPS) is 10.7. The van der Waals surface area contributed by atoms with Crippen molar-refractivity contribution in [1.82, 2.24) is 19.9 Å². The first-order chi connectivity index (χ1) is 8.74. The molecule has 0 saturated heterocycles. The smallest absolute Gasteiger partial charge is 0.163 e. The predicted molar refractivity (Wildman–Crippen MR) is 64.9 cm³/mol. The molecular weight excluding hydrogens is 233 g/mol. The molecule has 0 saturated carbocycles. The van der Waals surface area contributed by atoms with Crippen molar-refractivity contribution in [3.05, 3.63) is 42.6 Å². The fourth-order valence-electron chi connectivity index (χ4n) is 1.65. The van der Waals surface area contributed by atoms with Crippen LogP contribution in [0.3, 0.4) is 0 Å². The molecule has 2 N–H and O–H groups in total. The second-order valence-corrected chi connectivity index (χ2v) is 3.70. The predicted octanol–water partition coefficient (Wildman–Crippen LogP) is 1.81. The molecule has 0 aliphatic rings. The van der Waals surface area contributed by atoms with Crippen molar-refractivity contribution in [3.8, 4) is 11.4 Å². The zero-order valence-electron chi connectivity index (χ0n) is 9.21. The highest BCUT2D eigenvalue weighted by Crippen LogP contribution is 2.21. The minimum Gasteiger partial charge on any atom is -0.382 e. The Morgan fingerprint density at radius 2 is 2.06 bits per heavy atom. The van der Waals surface area contributed by atoms with Crippen molar-refractivity contribution < 1.29 is 4.39 Å². The second kappa shape index (κ2) is 3.99. The molecule has 0 aliphatic carbocycles. The topological polar surface area (TPSA) is 77.6 Å². The van der Waals surface area contributed by atoms with Crippen molar-refractivity contribution in [2.75, 3.05) is 5.73 Å². The first-order valence-corrected chi connectivity index (χ1v) is 5.23. The van der Waals surface area contributed by atoms with Gasteiger partial charge in [-0.1, -0.05) is 0 Å². The van der Waals surface area contributed by atoms with Crippen LogP contribution in [0.1, 0.15) is 0 Å². The first-order valence-electron chi connectivity index (χ1n) is 5.23. The first kappa shape index (κ1) is 10.5. The lowest BCUT2D eigenvalue weighted by molar-refractivity contribution is 0.622. The Morgan fingerprint density at radius 3 is 2.89 bits per heavy atom. The van der Waals surface area contributed by atoms with E-state index in [0.29, 0.717) is 22.4 Å². The average Bonchev–Trinajstić information content (AvgIpc) is 2.39. The highest BCUT2D eigenvalue weighted by Gasteiger charge is 2.08. The van der Waals surface area contributed by atoms with Crippen LogP contribution in [0.2, 0.25) is 0 Å². The fraction of sp³-hybridized carbons (Fsp3) is 0. The Kier molecular flexibility index (Phi) is 2.33. The Balaban J connectivity index is 2.24. The summed E-state index contributed by atoms with van der Waals surface area (Å²) in [6.45, 7) is 0. The van der Waals surface area contributed by atoms with Crippen LogP contribution in [0, 0.1) is 5.82 Å². The second-order valence-electron chi connectivity index (χ2n) is 3.70. The summed E-state index contributed by atoms with van der Waals surface area (Å²) in [6, 6.07) is 4.84. The van der Waals surface area contributed by atoms with Crippen LogP contribution in [-0.2, 0) is 0 Å². The molecule has 6 heteroatoms. The van der Waals surface area contributed by atoms with E-state index in [-0.39, 0.29) is 5.82 Å². The molecule has 3 heterocycles. The summed E-state index contributed by atoms with van der Waals surface area (Å²) >= 11 is 0. The minimum absolute atomic E-state index is 0.264. The maximum atomic E-state index is 13.1. The third-order valence-electron chi connectivity index (χ3n) is 2.44. The number of fused-ring (bicyclic) bond motifs is 1. The number of hydrogen-bond donors (Lipinski definition) is 1. The van der Waals surface area contributed by atoms with E-state index in [9.17, 15) is 4.39 Å². The number of nitrogen functional groups attached to an aromatic ring is 1. The van der Waals surface area contributed by atoms with E-state index in [4.69, 9.17) is 5.73 Å². The van der Waals surface area contributed by atoms with Gasteiger partial charge in [0.15, 0.2) is 11.6 Å². The molecule has 0 aromatic carbocycles. The van der Waals surface area contributed by atoms with Gasteiger partial charge in [0.05, 0.1) is 11.7 Å². The SMILES string of the molecule is Nc1nc(-c2cncc(F)c2)nc2cccnc12. The minimum atomic E-state index is -0.444. The maximum absolute atomic E-state index is 13.1. The summed E-state index contributed by atoms with van der Waals surface area (Å²) in [7, 11) is 0. The van der Waals surface area contributed by atoms with Crippen molar-refractivity contribution in [1.29, 1.82) is 0 Å². The summed E-state index contributed by atoms with van der Waals surface area (Å²) in [4.78, 5) is 16.2. The number of halogens is 1. The van der Waals surface area contributed by atoms with E-state index in [1.54, 1.807) is 18.3 Å². The van der Waals surface area contributed by atoms with E-state index in [1.807, 2.05) is 0 Å². The van der Waals surface area contributed by atoms with Gasteiger partial charge < -0.3 is 5.73 Å². The van der Waals surface area contributed by atoms with Gasteiger partial charge in [-0.05, 0) is 18.2 Å². The third kappa shape index (κ3) is 1.73. The summed E-state index contributed by atoms with van der Waals surface area (Å²) in [5, 5.41) is 0. The lowest BCUT2D eigenvalue weighted by atomic mass is 10.2. The number of nitrogens with zero attached hydrogens (tertiary/aromatic N) is 4. The van der Waals surface area contributed by atoms with Gasteiger partial charge in [0.1, 0.15) is 11.3 Å². The highest BCUT2D eigenvalue weighted by atomic mass is 19.1. The van der Waals surface area contributed by atoms with Crippen LogP contribution >= 0.6 is 0 Å². The molecule has 88 valence electrons. The van der Waals surface area contributed by atoms with Gasteiger partial charge in [-0.3, -0.25) is 9.97 Å². The molecule has 18 heavy (non-hydrogen) atoms. The van der Waals surface area contributed by atoms with Crippen LogP contribution in [0.5, 0.6) is 0 Å². The largest absolute Gasteiger partial charge is 0.382 e. The van der Waals surface area contributed by atoms with Crippen molar-refractivity contribution in [2.45, 2.75) is 0 Å². The quantitative estimate of drug-likeness (QED) is 0.703. The number of aromatic nitrogens is 4. The van der Waals surface area contributed by atoms with Gasteiger partial charge >= 0.3 is 0 Å². The number of nitrogens with two attached hydrogens (primary N) is 1. The molecule has 0 unspecified atom stereocenters. The number of rotatable bonds is 1. The number of pyridine rings is 2. The lowest BCUT2D eigenvalue weighted by Crippen LogP contribution is -1.99. The molecule has 0 amide bonds. The molecule has 3 aromatic heterocycles. The molecule has 0 spiro atoms. The van der Waals surface area contributed by atoms with Gasteiger partial charge in [0.2, 0.25) is 0 Å². The Morgan fingerprint density at radius 1 is 1.17 bits per heavy atom. The van der Waals surface area contributed by atoms with Crippen LogP contribution in [-0.4, -0.2) is 19.9 Å². The van der Waals surface area contributed by atoms with Gasteiger partial charge in [-0.2, -0.15) is 0 Å². The molecule has 3 rings (SSSR count). The number of hydrogen-bond acceptors (Lipinski definition) is 5. The lowest BCUT2D eigenvalue weighted by Gasteiger charge is -2.04. The molecule has 0 radical (unpaired) electrons. The van der Waals surface area contributed by atoms with Crippen molar-refractivity contribution >= 4 is 16.9 Å². The van der Waals surface area contributed by atoms with Gasteiger partial charge in [0.25, 0.3) is 0 Å². The standard InChI is InChI=1S/C12H8FN5/c13-8-4-7(5-15-6-8)12-17-9-2-1-3-16-10(9)11(14)18-12/h1-6H,(H2,14,17,18). The van der Waals surface area contributed by atoms with E-state index in [1.165, 1.54) is 12.3 Å². The molecule has 0 bridgehead atoms. The van der Waals surface area contributed by atoms with Crippen molar-refractivity contribution in [3.63, 3.8) is 0 Å². The van der Waals surface area contributed by atoms with E-state index in [0.717, 1.165) is 6.20 Å². The zero-order chi connectivity index (χ0) is 12.5. The fourth-order valence-corrected chi connectivity index (χ4v) is 1.65. The summed E-state index contributed by atoms with van der Waals surface area (Å²) in [6.07, 6.45) is 4.22. The molecule has 5 nitrogen and oxygen atoms in total.